The molecule has 4 heteroatoms. The molecule has 3 nitrogen and oxygen atoms in total. The largest absolute Gasteiger partial charge is 0.310 e. The van der Waals surface area contributed by atoms with E-state index in [0.29, 0.717) is 0 Å². The number of rotatable bonds is 4. The van der Waals surface area contributed by atoms with E-state index in [1.165, 1.54) is 75.8 Å². The molecule has 3 heterocycles. The Balaban J connectivity index is 1.15. The molecule has 0 aliphatic heterocycles. The van der Waals surface area contributed by atoms with Gasteiger partial charge in [0.2, 0.25) is 0 Å². The summed E-state index contributed by atoms with van der Waals surface area (Å²) in [6.07, 6.45) is 0. The minimum absolute atomic E-state index is 0.108. The standard InChI is InChI=1S/C50H33N3S/c1-50(2)41-18-10-8-16-36(41)37-24-22-35(28-42(37)50)52(33-21-20-30-12-6-7-15-32(30)26-33)34-23-25-45-40(27-34)46-47-39(38-17-9-11-19-44(38)53(45)47)29-43-48(46)54-49(51-43)31-13-4-3-5-14-31/h3-29H,1-2H3. The van der Waals surface area contributed by atoms with Crippen LogP contribution in [0.3, 0.4) is 0 Å². The van der Waals surface area contributed by atoms with E-state index in [9.17, 15) is 0 Å². The van der Waals surface area contributed by atoms with Crippen LogP contribution in [0, 0.1) is 0 Å². The van der Waals surface area contributed by atoms with Crippen molar-refractivity contribution in [2.24, 2.45) is 0 Å². The van der Waals surface area contributed by atoms with Gasteiger partial charge in [-0.05, 0) is 87.6 Å². The third-order valence-electron chi connectivity index (χ3n) is 11.9. The molecule has 0 amide bonds. The summed E-state index contributed by atoms with van der Waals surface area (Å²) in [5.41, 5.74) is 14.6. The first-order chi connectivity index (χ1) is 26.5. The molecule has 1 aliphatic rings. The highest BCUT2D eigenvalue weighted by Crippen LogP contribution is 2.52. The highest BCUT2D eigenvalue weighted by Gasteiger charge is 2.36. The van der Waals surface area contributed by atoms with Crippen LogP contribution < -0.4 is 4.90 Å². The van der Waals surface area contributed by atoms with Crippen molar-refractivity contribution in [1.29, 1.82) is 0 Å². The van der Waals surface area contributed by atoms with Crippen LogP contribution in [-0.4, -0.2) is 9.38 Å². The Morgan fingerprint density at radius 1 is 0.537 bits per heavy atom. The molecule has 254 valence electrons. The second kappa shape index (κ2) is 10.8. The fraction of sp³-hybridized carbons (Fsp3) is 0.0600. The average Bonchev–Trinajstić information content (AvgIpc) is 3.94. The van der Waals surface area contributed by atoms with E-state index in [4.69, 9.17) is 4.98 Å². The van der Waals surface area contributed by atoms with Crippen molar-refractivity contribution < 1.29 is 0 Å². The molecule has 8 aromatic carbocycles. The lowest BCUT2D eigenvalue weighted by Gasteiger charge is -2.28. The number of para-hydroxylation sites is 1. The van der Waals surface area contributed by atoms with Gasteiger partial charge in [-0.3, -0.25) is 0 Å². The number of nitrogens with zero attached hydrogens (tertiary/aromatic N) is 3. The van der Waals surface area contributed by atoms with E-state index in [2.05, 4.69) is 187 Å². The maximum atomic E-state index is 5.27. The molecular weight excluding hydrogens is 675 g/mol. The first-order valence-electron chi connectivity index (χ1n) is 18.6. The van der Waals surface area contributed by atoms with Crippen LogP contribution in [0.4, 0.5) is 17.1 Å². The minimum atomic E-state index is -0.108. The van der Waals surface area contributed by atoms with Crippen LogP contribution in [0.15, 0.2) is 164 Å². The molecule has 0 radical (unpaired) electrons. The third kappa shape index (κ3) is 4.03. The lowest BCUT2D eigenvalue weighted by atomic mass is 9.82. The minimum Gasteiger partial charge on any atom is -0.310 e. The topological polar surface area (TPSA) is 20.5 Å². The van der Waals surface area contributed by atoms with Crippen LogP contribution in [0.5, 0.6) is 0 Å². The summed E-state index contributed by atoms with van der Waals surface area (Å²) in [6.45, 7) is 4.72. The van der Waals surface area contributed by atoms with Gasteiger partial charge in [-0.25, -0.2) is 4.98 Å². The molecule has 0 bridgehead atoms. The van der Waals surface area contributed by atoms with Crippen molar-refractivity contribution in [1.82, 2.24) is 9.38 Å². The van der Waals surface area contributed by atoms with Gasteiger partial charge in [0.1, 0.15) is 5.01 Å². The molecule has 0 spiro atoms. The summed E-state index contributed by atoms with van der Waals surface area (Å²) in [4.78, 5) is 7.72. The summed E-state index contributed by atoms with van der Waals surface area (Å²) < 4.78 is 3.71. The SMILES string of the molecule is CC1(C)c2ccccc2-c2ccc(N(c3ccc4ccccc4c3)c3ccc4c(c3)c3c5sc(-c6ccccc6)nc5cc5c6ccccc6n4c53)cc21. The molecule has 11 aromatic rings. The van der Waals surface area contributed by atoms with Crippen molar-refractivity contribution in [2.45, 2.75) is 19.3 Å². The summed E-state index contributed by atoms with van der Waals surface area (Å²) in [6, 6.07) is 60.3. The molecule has 54 heavy (non-hydrogen) atoms. The molecule has 1 aliphatic carbocycles. The maximum absolute atomic E-state index is 5.27. The Morgan fingerprint density at radius 3 is 2.13 bits per heavy atom. The van der Waals surface area contributed by atoms with E-state index in [-0.39, 0.29) is 5.41 Å². The number of thiazole rings is 1. The van der Waals surface area contributed by atoms with Crippen molar-refractivity contribution in [2.75, 3.05) is 4.90 Å². The normalized spacial score (nSPS) is 13.5. The zero-order chi connectivity index (χ0) is 35.7. The lowest BCUT2D eigenvalue weighted by molar-refractivity contribution is 0.660. The molecule has 12 rings (SSSR count). The van der Waals surface area contributed by atoms with Gasteiger partial charge in [0.05, 0.1) is 26.8 Å². The van der Waals surface area contributed by atoms with Crippen LogP contribution in [0.2, 0.25) is 0 Å². The summed E-state index contributed by atoms with van der Waals surface area (Å²) in [5.74, 6) is 0. The van der Waals surface area contributed by atoms with E-state index in [1.807, 2.05) is 0 Å². The van der Waals surface area contributed by atoms with Crippen LogP contribution in [0.25, 0.3) is 80.8 Å². The van der Waals surface area contributed by atoms with Crippen LogP contribution in [0.1, 0.15) is 25.0 Å². The number of hydrogen-bond acceptors (Lipinski definition) is 3. The first kappa shape index (κ1) is 30.0. The smallest absolute Gasteiger partial charge is 0.124 e. The fourth-order valence-corrected chi connectivity index (χ4v) is 10.5. The Labute approximate surface area is 316 Å². The summed E-state index contributed by atoms with van der Waals surface area (Å²) >= 11 is 1.80. The van der Waals surface area contributed by atoms with E-state index < -0.39 is 0 Å². The van der Waals surface area contributed by atoms with Gasteiger partial charge < -0.3 is 9.30 Å². The van der Waals surface area contributed by atoms with Crippen LogP contribution in [-0.2, 0) is 5.41 Å². The Bertz CT molecular complexity index is 3310. The number of benzene rings is 8. The highest BCUT2D eigenvalue weighted by atomic mass is 32.1. The van der Waals surface area contributed by atoms with Crippen molar-refractivity contribution >= 4 is 87.5 Å². The quantitative estimate of drug-likeness (QED) is 0.182. The number of anilines is 3. The first-order valence-corrected chi connectivity index (χ1v) is 19.4. The zero-order valence-corrected chi connectivity index (χ0v) is 30.7. The van der Waals surface area contributed by atoms with Gasteiger partial charge >= 0.3 is 0 Å². The van der Waals surface area contributed by atoms with Crippen molar-refractivity contribution in [3.05, 3.63) is 175 Å². The number of aromatic nitrogens is 2. The Kier molecular flexibility index (Phi) is 6.00. The average molecular weight is 708 g/mol. The van der Waals surface area contributed by atoms with Crippen molar-refractivity contribution in [3.63, 3.8) is 0 Å². The highest BCUT2D eigenvalue weighted by molar-refractivity contribution is 7.22. The number of fused-ring (bicyclic) bond motifs is 12. The lowest BCUT2D eigenvalue weighted by Crippen LogP contribution is -2.16. The maximum Gasteiger partial charge on any atom is 0.124 e. The summed E-state index contributed by atoms with van der Waals surface area (Å²) in [7, 11) is 0. The molecule has 0 fully saturated rings. The molecule has 0 N–H and O–H groups in total. The molecule has 3 aromatic heterocycles. The Morgan fingerprint density at radius 2 is 1.22 bits per heavy atom. The fourth-order valence-electron chi connectivity index (χ4n) is 9.37. The number of hydrogen-bond donors (Lipinski definition) is 0. The van der Waals surface area contributed by atoms with Crippen LogP contribution >= 0.6 is 11.3 Å². The van der Waals surface area contributed by atoms with E-state index in [1.54, 1.807) is 11.3 Å². The van der Waals surface area contributed by atoms with E-state index in [0.717, 1.165) is 33.1 Å². The second-order valence-corrected chi connectivity index (χ2v) is 16.2. The molecule has 0 saturated carbocycles. The molecule has 0 atom stereocenters. The predicted molar refractivity (Wildman–Crippen MR) is 229 cm³/mol. The van der Waals surface area contributed by atoms with Gasteiger partial charge in [0.15, 0.2) is 0 Å². The monoisotopic (exact) mass is 707 g/mol. The third-order valence-corrected chi connectivity index (χ3v) is 13.0. The van der Waals surface area contributed by atoms with Gasteiger partial charge in [0.25, 0.3) is 0 Å². The second-order valence-electron chi connectivity index (χ2n) is 15.2. The predicted octanol–water partition coefficient (Wildman–Crippen LogP) is 14.0. The van der Waals surface area contributed by atoms with Gasteiger partial charge in [-0.2, -0.15) is 0 Å². The molecular formula is C50H33N3S. The van der Waals surface area contributed by atoms with Gasteiger partial charge in [-0.15, -0.1) is 11.3 Å². The Hall–Kier alpha value is -6.49. The van der Waals surface area contributed by atoms with Gasteiger partial charge in [-0.1, -0.05) is 123 Å². The van der Waals surface area contributed by atoms with Gasteiger partial charge in [0, 0.05) is 49.6 Å². The van der Waals surface area contributed by atoms with E-state index >= 15 is 0 Å². The molecule has 0 saturated heterocycles. The molecule has 0 unspecified atom stereocenters. The summed E-state index contributed by atoms with van der Waals surface area (Å²) in [5, 5.41) is 8.55. The zero-order valence-electron chi connectivity index (χ0n) is 29.8. The van der Waals surface area contributed by atoms with Crippen molar-refractivity contribution in [3.8, 4) is 21.7 Å².